The number of benzene rings is 3. The molecule has 2 heterocycles. The lowest BCUT2D eigenvalue weighted by atomic mass is 10.1. The third kappa shape index (κ3) is 5.42. The molecule has 3 N–H and O–H groups in total. The normalized spacial score (nSPS) is 11.1. The van der Waals surface area contributed by atoms with Crippen LogP contribution in [0.15, 0.2) is 83.4 Å². The Kier molecular flexibility index (Phi) is 6.61. The summed E-state index contributed by atoms with van der Waals surface area (Å²) in [4.78, 5) is 9.03. The first-order chi connectivity index (χ1) is 17.1. The van der Waals surface area contributed by atoms with Gasteiger partial charge in [-0.15, -0.1) is 0 Å². The van der Waals surface area contributed by atoms with Crippen LogP contribution in [0, 0.1) is 5.82 Å². The standard InChI is InChI=1S/C27H22ClFN4O2/c28-23-14-21(5-8-26(23)34-16-17-2-1-3-20(29)12-17)32-27-31-15-19-13-18(4-7-24(19)33-27)25-9-6-22(35-25)10-11-30/h1-9,12-15H,10-11,16,30H2,(H,31,32,33). The Bertz CT molecular complexity index is 1490. The van der Waals surface area contributed by atoms with E-state index >= 15 is 0 Å². The molecule has 6 nitrogen and oxygen atoms in total. The highest BCUT2D eigenvalue weighted by atomic mass is 35.5. The third-order valence-corrected chi connectivity index (χ3v) is 5.68. The Balaban J connectivity index is 1.28. The number of fused-ring (bicyclic) bond motifs is 1. The molecule has 0 amide bonds. The van der Waals surface area contributed by atoms with Crippen molar-refractivity contribution in [3.63, 3.8) is 0 Å². The summed E-state index contributed by atoms with van der Waals surface area (Å²) in [6, 6.07) is 21.3. The summed E-state index contributed by atoms with van der Waals surface area (Å²) >= 11 is 6.39. The molecule has 0 saturated heterocycles. The Hall–Kier alpha value is -3.94. The maximum absolute atomic E-state index is 13.3. The molecular weight excluding hydrogens is 467 g/mol. The summed E-state index contributed by atoms with van der Waals surface area (Å²) in [5.41, 5.74) is 8.78. The predicted octanol–water partition coefficient (Wildman–Crippen LogP) is 6.51. The maximum atomic E-state index is 13.3. The van der Waals surface area contributed by atoms with E-state index < -0.39 is 0 Å². The first kappa shape index (κ1) is 22.8. The Labute approximate surface area is 206 Å². The topological polar surface area (TPSA) is 86.2 Å². The number of nitrogens with zero attached hydrogens (tertiary/aromatic N) is 2. The Morgan fingerprint density at radius 3 is 2.77 bits per heavy atom. The zero-order valence-electron chi connectivity index (χ0n) is 18.7. The van der Waals surface area contributed by atoms with E-state index in [1.807, 2.05) is 36.4 Å². The molecule has 0 saturated carbocycles. The van der Waals surface area contributed by atoms with E-state index in [-0.39, 0.29) is 12.4 Å². The fourth-order valence-corrected chi connectivity index (χ4v) is 3.90. The second-order valence-electron chi connectivity index (χ2n) is 7.96. The summed E-state index contributed by atoms with van der Waals surface area (Å²) in [6.45, 7) is 0.760. The largest absolute Gasteiger partial charge is 0.487 e. The van der Waals surface area contributed by atoms with Crippen LogP contribution >= 0.6 is 11.6 Å². The number of aromatic nitrogens is 2. The van der Waals surface area contributed by atoms with Gasteiger partial charge in [0.1, 0.15) is 29.7 Å². The number of rotatable bonds is 8. The highest BCUT2D eigenvalue weighted by Crippen LogP contribution is 2.30. The van der Waals surface area contributed by atoms with Crippen molar-refractivity contribution in [3.05, 3.63) is 101 Å². The Morgan fingerprint density at radius 2 is 1.94 bits per heavy atom. The predicted molar refractivity (Wildman–Crippen MR) is 135 cm³/mol. The van der Waals surface area contributed by atoms with Crippen molar-refractivity contribution < 1.29 is 13.5 Å². The van der Waals surface area contributed by atoms with Crippen LogP contribution in [0.3, 0.4) is 0 Å². The zero-order valence-corrected chi connectivity index (χ0v) is 19.4. The van der Waals surface area contributed by atoms with Crippen LogP contribution in [0.5, 0.6) is 5.75 Å². The molecule has 0 unspecified atom stereocenters. The van der Waals surface area contributed by atoms with Gasteiger partial charge in [-0.1, -0.05) is 23.7 Å². The fraction of sp³-hybridized carbons (Fsp3) is 0.111. The van der Waals surface area contributed by atoms with Gasteiger partial charge in [0.2, 0.25) is 5.95 Å². The number of hydrogen-bond acceptors (Lipinski definition) is 6. The van der Waals surface area contributed by atoms with Gasteiger partial charge in [-0.2, -0.15) is 0 Å². The molecule has 0 fully saturated rings. The minimum Gasteiger partial charge on any atom is -0.487 e. The van der Waals surface area contributed by atoms with E-state index in [1.165, 1.54) is 12.1 Å². The van der Waals surface area contributed by atoms with Gasteiger partial charge in [-0.05, 0) is 72.8 Å². The molecule has 0 bridgehead atoms. The Morgan fingerprint density at radius 1 is 1.03 bits per heavy atom. The third-order valence-electron chi connectivity index (χ3n) is 5.39. The van der Waals surface area contributed by atoms with Crippen LogP contribution in [0.2, 0.25) is 5.02 Å². The molecule has 2 aromatic heterocycles. The smallest absolute Gasteiger partial charge is 0.227 e. The molecule has 35 heavy (non-hydrogen) atoms. The van der Waals surface area contributed by atoms with Crippen molar-refractivity contribution in [1.29, 1.82) is 0 Å². The van der Waals surface area contributed by atoms with Gasteiger partial charge in [0.05, 0.1) is 10.5 Å². The van der Waals surface area contributed by atoms with E-state index in [4.69, 9.17) is 26.5 Å². The quantitative estimate of drug-likeness (QED) is 0.259. The number of ether oxygens (including phenoxy) is 1. The molecule has 5 rings (SSSR count). The first-order valence-electron chi connectivity index (χ1n) is 11.1. The van der Waals surface area contributed by atoms with E-state index in [1.54, 1.807) is 30.5 Å². The molecule has 3 aromatic carbocycles. The number of nitrogens with two attached hydrogens (primary N) is 1. The molecule has 0 aliphatic heterocycles. The minimum absolute atomic E-state index is 0.215. The summed E-state index contributed by atoms with van der Waals surface area (Å²) in [5, 5.41) is 4.48. The lowest BCUT2D eigenvalue weighted by Gasteiger charge is -2.11. The molecule has 0 aliphatic rings. The highest BCUT2D eigenvalue weighted by Gasteiger charge is 2.09. The molecule has 0 radical (unpaired) electrons. The second kappa shape index (κ2) is 10.1. The van der Waals surface area contributed by atoms with E-state index in [0.717, 1.165) is 33.6 Å². The van der Waals surface area contributed by atoms with Crippen LogP contribution < -0.4 is 15.8 Å². The summed E-state index contributed by atoms with van der Waals surface area (Å²) in [5.74, 6) is 2.29. The minimum atomic E-state index is -0.305. The van der Waals surface area contributed by atoms with Gasteiger partial charge in [0.15, 0.2) is 0 Å². The van der Waals surface area contributed by atoms with Crippen molar-refractivity contribution in [2.45, 2.75) is 13.0 Å². The average Bonchev–Trinajstić information content (AvgIpc) is 3.32. The van der Waals surface area contributed by atoms with Crippen LogP contribution in [-0.4, -0.2) is 16.5 Å². The van der Waals surface area contributed by atoms with Gasteiger partial charge < -0.3 is 20.2 Å². The van der Waals surface area contributed by atoms with Gasteiger partial charge >= 0.3 is 0 Å². The van der Waals surface area contributed by atoms with Gasteiger partial charge in [0.25, 0.3) is 0 Å². The SMILES string of the molecule is NCCc1ccc(-c2ccc3nc(Nc4ccc(OCc5cccc(F)c5)c(Cl)c4)ncc3c2)o1. The van der Waals surface area contributed by atoms with Crippen molar-refractivity contribution in [2.24, 2.45) is 5.73 Å². The summed E-state index contributed by atoms with van der Waals surface area (Å²) in [6.07, 6.45) is 2.46. The molecule has 5 aromatic rings. The highest BCUT2D eigenvalue weighted by molar-refractivity contribution is 6.32. The van der Waals surface area contributed by atoms with Crippen molar-refractivity contribution in [2.75, 3.05) is 11.9 Å². The monoisotopic (exact) mass is 488 g/mol. The molecule has 0 spiro atoms. The first-order valence-corrected chi connectivity index (χ1v) is 11.4. The van der Waals surface area contributed by atoms with Crippen molar-refractivity contribution in [1.82, 2.24) is 9.97 Å². The fourth-order valence-electron chi connectivity index (χ4n) is 3.67. The second-order valence-corrected chi connectivity index (χ2v) is 8.37. The number of nitrogens with one attached hydrogen (secondary N) is 1. The number of furan rings is 1. The number of hydrogen-bond donors (Lipinski definition) is 2. The van der Waals surface area contributed by atoms with Crippen LogP contribution in [-0.2, 0) is 13.0 Å². The molecule has 176 valence electrons. The maximum Gasteiger partial charge on any atom is 0.227 e. The van der Waals surface area contributed by atoms with E-state index in [2.05, 4.69) is 15.3 Å². The van der Waals surface area contributed by atoms with Crippen molar-refractivity contribution in [3.8, 4) is 17.1 Å². The number of anilines is 2. The molecule has 0 aliphatic carbocycles. The van der Waals surface area contributed by atoms with E-state index in [9.17, 15) is 4.39 Å². The van der Waals surface area contributed by atoms with Gasteiger partial charge in [0, 0.05) is 29.3 Å². The van der Waals surface area contributed by atoms with Crippen LogP contribution in [0.25, 0.3) is 22.2 Å². The van der Waals surface area contributed by atoms with Gasteiger partial charge in [-0.25, -0.2) is 14.4 Å². The van der Waals surface area contributed by atoms with Crippen LogP contribution in [0.4, 0.5) is 16.0 Å². The zero-order chi connectivity index (χ0) is 24.2. The van der Waals surface area contributed by atoms with Crippen molar-refractivity contribution >= 4 is 34.1 Å². The molecular formula is C27H22ClFN4O2. The van der Waals surface area contributed by atoms with Crippen LogP contribution in [0.1, 0.15) is 11.3 Å². The molecule has 0 atom stereocenters. The lowest BCUT2D eigenvalue weighted by Crippen LogP contribution is -2.01. The lowest BCUT2D eigenvalue weighted by molar-refractivity contribution is 0.306. The summed E-state index contributed by atoms with van der Waals surface area (Å²) < 4.78 is 24.9. The summed E-state index contributed by atoms with van der Waals surface area (Å²) in [7, 11) is 0. The van der Waals surface area contributed by atoms with E-state index in [0.29, 0.717) is 35.4 Å². The molecule has 8 heteroatoms. The average molecular weight is 489 g/mol. The number of halogens is 2. The van der Waals surface area contributed by atoms with Gasteiger partial charge in [-0.3, -0.25) is 0 Å².